The second kappa shape index (κ2) is 6.97. The van der Waals surface area contributed by atoms with Crippen molar-refractivity contribution >= 4 is 11.8 Å². The first kappa shape index (κ1) is 18.2. The minimum atomic E-state index is -4.43. The highest BCUT2D eigenvalue weighted by atomic mass is 19.4. The van der Waals surface area contributed by atoms with E-state index in [9.17, 15) is 18.0 Å². The van der Waals surface area contributed by atoms with Crippen LogP contribution >= 0.6 is 0 Å². The van der Waals surface area contributed by atoms with Gasteiger partial charge in [-0.25, -0.2) is 14.8 Å². The number of anilines is 1. The fourth-order valence-corrected chi connectivity index (χ4v) is 3.08. The minimum absolute atomic E-state index is 0.0685. The van der Waals surface area contributed by atoms with Gasteiger partial charge in [0.05, 0.1) is 0 Å². The summed E-state index contributed by atoms with van der Waals surface area (Å²) < 4.78 is 39.9. The van der Waals surface area contributed by atoms with Gasteiger partial charge in [-0.15, -0.1) is 0 Å². The predicted molar refractivity (Wildman–Crippen MR) is 89.7 cm³/mol. The zero-order chi connectivity index (χ0) is 18.9. The van der Waals surface area contributed by atoms with Crippen LogP contribution in [-0.2, 0) is 19.1 Å². The number of carbonyl (C=O) groups excluding carboxylic acids is 1. The molecular formula is C17H20F3N5O. The van der Waals surface area contributed by atoms with Gasteiger partial charge in [0, 0.05) is 39.0 Å². The van der Waals surface area contributed by atoms with Crippen molar-refractivity contribution in [1.29, 1.82) is 0 Å². The van der Waals surface area contributed by atoms with Gasteiger partial charge in [0.2, 0.25) is 0 Å². The summed E-state index contributed by atoms with van der Waals surface area (Å²) in [7, 11) is 1.66. The molecule has 0 aliphatic carbocycles. The van der Waals surface area contributed by atoms with Crippen LogP contribution in [0.15, 0.2) is 24.5 Å². The maximum absolute atomic E-state index is 12.8. The first-order chi connectivity index (χ1) is 12.2. The maximum Gasteiger partial charge on any atom is 0.434 e. The fraction of sp³-hybridized carbons (Fsp3) is 0.471. The van der Waals surface area contributed by atoms with Crippen LogP contribution in [0.5, 0.6) is 0 Å². The smallest absolute Gasteiger partial charge is 0.334 e. The molecule has 0 saturated carbocycles. The van der Waals surface area contributed by atoms with Gasteiger partial charge >= 0.3 is 12.2 Å². The van der Waals surface area contributed by atoms with Gasteiger partial charge < -0.3 is 9.47 Å². The molecule has 9 heteroatoms. The fourth-order valence-electron chi connectivity index (χ4n) is 3.08. The Balaban J connectivity index is 1.59. The largest absolute Gasteiger partial charge is 0.434 e. The summed E-state index contributed by atoms with van der Waals surface area (Å²) in [4.78, 5) is 21.6. The summed E-state index contributed by atoms with van der Waals surface area (Å²) in [6, 6.07) is 3.30. The molecule has 1 aliphatic rings. The number of amides is 2. The number of alkyl halides is 3. The molecule has 2 aromatic rings. The van der Waals surface area contributed by atoms with Crippen LogP contribution in [0.1, 0.15) is 23.5 Å². The van der Waals surface area contributed by atoms with Crippen LogP contribution in [0.3, 0.4) is 0 Å². The highest BCUT2D eigenvalue weighted by molar-refractivity contribution is 5.88. The number of halogens is 3. The molecule has 0 radical (unpaired) electrons. The third-order valence-electron chi connectivity index (χ3n) is 4.41. The first-order valence-electron chi connectivity index (χ1n) is 8.30. The molecule has 1 N–H and O–H groups in total. The number of aryl methyl sites for hydroxylation is 2. The standard InChI is InChI=1S/C17H20F3N5O/c1-11-5-6-21-14(7-11)23-16(26)24(2)8-12-3-4-15-22-13(17(18,19)20)10-25(15)9-12/h5-7,10,12H,3-4,8-9H2,1-2H3,(H,21,23,26). The number of carbonyl (C=O) groups is 1. The molecule has 3 heterocycles. The number of aromatic nitrogens is 3. The molecule has 0 bridgehead atoms. The zero-order valence-corrected chi connectivity index (χ0v) is 14.5. The predicted octanol–water partition coefficient (Wildman–Crippen LogP) is 3.33. The molecule has 0 saturated heterocycles. The number of hydrogen-bond acceptors (Lipinski definition) is 3. The molecule has 6 nitrogen and oxygen atoms in total. The van der Waals surface area contributed by atoms with Gasteiger partial charge in [0.1, 0.15) is 11.6 Å². The number of nitrogens with zero attached hydrogens (tertiary/aromatic N) is 4. The topological polar surface area (TPSA) is 63.1 Å². The van der Waals surface area contributed by atoms with Crippen molar-refractivity contribution < 1.29 is 18.0 Å². The van der Waals surface area contributed by atoms with Gasteiger partial charge in [0.15, 0.2) is 5.69 Å². The molecule has 3 rings (SSSR count). The lowest BCUT2D eigenvalue weighted by atomic mass is 9.99. The Morgan fingerprint density at radius 2 is 2.23 bits per heavy atom. The summed E-state index contributed by atoms with van der Waals surface area (Å²) in [5.41, 5.74) is 0.128. The number of imidazole rings is 1. The van der Waals surface area contributed by atoms with Crippen LogP contribution < -0.4 is 5.32 Å². The number of urea groups is 1. The Morgan fingerprint density at radius 1 is 1.46 bits per heavy atom. The normalized spacial score (nSPS) is 16.9. The minimum Gasteiger partial charge on any atom is -0.334 e. The van der Waals surface area contributed by atoms with Gasteiger partial charge in [-0.2, -0.15) is 13.2 Å². The lowest BCUT2D eigenvalue weighted by Gasteiger charge is -2.28. The van der Waals surface area contributed by atoms with Crippen LogP contribution in [0.25, 0.3) is 0 Å². The van der Waals surface area contributed by atoms with Crippen molar-refractivity contribution in [3.63, 3.8) is 0 Å². The Morgan fingerprint density at radius 3 is 2.92 bits per heavy atom. The number of hydrogen-bond donors (Lipinski definition) is 1. The second-order valence-electron chi connectivity index (χ2n) is 6.63. The Hall–Kier alpha value is -2.58. The second-order valence-corrected chi connectivity index (χ2v) is 6.63. The van der Waals surface area contributed by atoms with E-state index in [4.69, 9.17) is 0 Å². The molecule has 1 atom stereocenters. The monoisotopic (exact) mass is 367 g/mol. The lowest BCUT2D eigenvalue weighted by molar-refractivity contribution is -0.141. The average Bonchev–Trinajstić information content (AvgIpc) is 2.98. The SMILES string of the molecule is Cc1ccnc(NC(=O)N(C)CC2CCc3nc(C(F)(F)F)cn3C2)c1. The number of nitrogens with one attached hydrogen (secondary N) is 1. The van der Waals surface area contributed by atoms with E-state index in [1.165, 1.54) is 4.90 Å². The van der Waals surface area contributed by atoms with Crippen LogP contribution in [0.2, 0.25) is 0 Å². The zero-order valence-electron chi connectivity index (χ0n) is 14.5. The molecule has 2 amide bonds. The maximum atomic E-state index is 12.8. The van der Waals surface area contributed by atoms with E-state index in [2.05, 4.69) is 15.3 Å². The molecule has 1 unspecified atom stereocenters. The van der Waals surface area contributed by atoms with Crippen molar-refractivity contribution in [2.45, 2.75) is 32.5 Å². The molecule has 0 spiro atoms. The third-order valence-corrected chi connectivity index (χ3v) is 4.41. The van der Waals surface area contributed by atoms with Gasteiger partial charge in [-0.05, 0) is 37.0 Å². The van der Waals surface area contributed by atoms with E-state index in [0.29, 0.717) is 37.6 Å². The Bertz CT molecular complexity index is 802. The van der Waals surface area contributed by atoms with Crippen molar-refractivity contribution in [1.82, 2.24) is 19.4 Å². The van der Waals surface area contributed by atoms with E-state index in [1.54, 1.807) is 23.9 Å². The van der Waals surface area contributed by atoms with Crippen LogP contribution in [0.4, 0.5) is 23.8 Å². The Labute approximate surface area is 149 Å². The summed E-state index contributed by atoms with van der Waals surface area (Å²) >= 11 is 0. The highest BCUT2D eigenvalue weighted by Gasteiger charge is 2.36. The van der Waals surface area contributed by atoms with Gasteiger partial charge in [-0.1, -0.05) is 0 Å². The van der Waals surface area contributed by atoms with Crippen LogP contribution in [-0.4, -0.2) is 39.1 Å². The average molecular weight is 367 g/mol. The molecule has 0 fully saturated rings. The summed E-state index contributed by atoms with van der Waals surface area (Å²) in [5, 5.41) is 2.72. The third kappa shape index (κ3) is 4.14. The molecule has 26 heavy (non-hydrogen) atoms. The van der Waals surface area contributed by atoms with Gasteiger partial charge in [0.25, 0.3) is 0 Å². The summed E-state index contributed by atoms with van der Waals surface area (Å²) in [6.07, 6.45) is -0.606. The van der Waals surface area contributed by atoms with E-state index >= 15 is 0 Å². The van der Waals surface area contributed by atoms with Crippen molar-refractivity contribution in [2.75, 3.05) is 18.9 Å². The summed E-state index contributed by atoms with van der Waals surface area (Å²) in [6.45, 7) is 2.76. The molecule has 1 aliphatic heterocycles. The van der Waals surface area contributed by atoms with E-state index < -0.39 is 11.9 Å². The lowest BCUT2D eigenvalue weighted by Crippen LogP contribution is -2.38. The van der Waals surface area contributed by atoms with E-state index in [0.717, 1.165) is 11.8 Å². The molecular weight excluding hydrogens is 347 g/mol. The van der Waals surface area contributed by atoms with Gasteiger partial charge in [-0.3, -0.25) is 5.32 Å². The number of rotatable bonds is 3. The first-order valence-corrected chi connectivity index (χ1v) is 8.30. The van der Waals surface area contributed by atoms with Crippen molar-refractivity contribution in [2.24, 2.45) is 5.92 Å². The van der Waals surface area contributed by atoms with Crippen LogP contribution in [0, 0.1) is 12.8 Å². The number of pyridine rings is 1. The summed E-state index contributed by atoms with van der Waals surface area (Å²) in [5.74, 6) is 0.987. The van der Waals surface area contributed by atoms with Crippen molar-refractivity contribution in [3.8, 4) is 0 Å². The molecule has 2 aromatic heterocycles. The molecule has 0 aromatic carbocycles. The van der Waals surface area contributed by atoms with Crippen molar-refractivity contribution in [3.05, 3.63) is 41.6 Å². The Kier molecular flexibility index (Phi) is 4.88. The quantitative estimate of drug-likeness (QED) is 0.905. The van der Waals surface area contributed by atoms with E-state index in [1.807, 2.05) is 13.0 Å². The highest BCUT2D eigenvalue weighted by Crippen LogP contribution is 2.30. The molecule has 140 valence electrons. The van der Waals surface area contributed by atoms with E-state index in [-0.39, 0.29) is 11.9 Å². The number of fused-ring (bicyclic) bond motifs is 1.